The lowest BCUT2D eigenvalue weighted by atomic mass is 10.1. The van der Waals surface area contributed by atoms with Crippen molar-refractivity contribution in [1.82, 2.24) is 0 Å². The van der Waals surface area contributed by atoms with Crippen LogP contribution in [0.5, 0.6) is 0 Å². The van der Waals surface area contributed by atoms with E-state index >= 15 is 0 Å². The lowest BCUT2D eigenvalue weighted by Gasteiger charge is -2.08. The quantitative estimate of drug-likeness (QED) is 0.586. The van der Waals surface area contributed by atoms with Crippen LogP contribution in [0.15, 0.2) is 0 Å². The molecule has 2 nitrogen and oxygen atoms in total. The van der Waals surface area contributed by atoms with Gasteiger partial charge in [-0.3, -0.25) is 0 Å². The Hall–Kier alpha value is -0.0800. The third kappa shape index (κ3) is 2.67. The Morgan fingerprint density at radius 2 is 2.30 bits per heavy atom. The maximum absolute atomic E-state index is 5.86. The van der Waals surface area contributed by atoms with Crippen molar-refractivity contribution < 1.29 is 4.74 Å². The molecular formula is C8H17NO. The van der Waals surface area contributed by atoms with E-state index in [0.29, 0.717) is 6.04 Å². The molecule has 1 fully saturated rings. The molecule has 0 saturated heterocycles. The van der Waals surface area contributed by atoms with Crippen LogP contribution in [-0.2, 0) is 4.74 Å². The van der Waals surface area contributed by atoms with E-state index in [-0.39, 0.29) is 0 Å². The zero-order valence-electron chi connectivity index (χ0n) is 6.68. The van der Waals surface area contributed by atoms with Gasteiger partial charge in [0.25, 0.3) is 0 Å². The first-order valence-corrected chi connectivity index (χ1v) is 4.09. The highest BCUT2D eigenvalue weighted by Crippen LogP contribution is 2.33. The third-order valence-electron chi connectivity index (χ3n) is 2.11. The van der Waals surface area contributed by atoms with Gasteiger partial charge in [0, 0.05) is 19.8 Å². The minimum absolute atomic E-state index is 0.454. The van der Waals surface area contributed by atoms with E-state index in [1.807, 2.05) is 0 Å². The zero-order chi connectivity index (χ0) is 7.40. The molecule has 0 aliphatic heterocycles. The molecule has 2 N–H and O–H groups in total. The Labute approximate surface area is 62.7 Å². The first-order chi connectivity index (χ1) is 4.84. The van der Waals surface area contributed by atoms with Crippen molar-refractivity contribution in [1.29, 1.82) is 0 Å². The highest BCUT2D eigenvalue weighted by Gasteiger charge is 2.27. The monoisotopic (exact) mass is 143 g/mol. The van der Waals surface area contributed by atoms with Crippen LogP contribution in [-0.4, -0.2) is 19.8 Å². The van der Waals surface area contributed by atoms with Gasteiger partial charge in [0.15, 0.2) is 0 Å². The number of hydrogen-bond donors (Lipinski definition) is 1. The molecular weight excluding hydrogens is 126 g/mol. The van der Waals surface area contributed by atoms with Gasteiger partial charge in [-0.15, -0.1) is 0 Å². The van der Waals surface area contributed by atoms with Crippen molar-refractivity contribution in [2.24, 2.45) is 11.7 Å². The zero-order valence-corrected chi connectivity index (χ0v) is 6.68. The molecule has 0 bridgehead atoms. The minimum atomic E-state index is 0.454. The summed E-state index contributed by atoms with van der Waals surface area (Å²) in [6, 6.07) is 0.454. The van der Waals surface area contributed by atoms with Gasteiger partial charge < -0.3 is 10.5 Å². The molecule has 60 valence electrons. The maximum Gasteiger partial charge on any atom is 0.0462 e. The van der Waals surface area contributed by atoms with Gasteiger partial charge in [0.05, 0.1) is 0 Å². The Morgan fingerprint density at radius 3 is 2.80 bits per heavy atom. The van der Waals surface area contributed by atoms with E-state index in [1.54, 1.807) is 7.11 Å². The van der Waals surface area contributed by atoms with Crippen molar-refractivity contribution in [2.75, 3.05) is 13.7 Å². The highest BCUT2D eigenvalue weighted by molar-refractivity contribution is 4.83. The largest absolute Gasteiger partial charge is 0.385 e. The lowest BCUT2D eigenvalue weighted by molar-refractivity contribution is 0.189. The summed E-state index contributed by atoms with van der Waals surface area (Å²) in [5.74, 6) is 0.844. The van der Waals surface area contributed by atoms with Crippen LogP contribution in [0, 0.1) is 5.92 Å². The topological polar surface area (TPSA) is 35.2 Å². The number of ether oxygens (including phenoxy) is 1. The third-order valence-corrected chi connectivity index (χ3v) is 2.11. The number of rotatable bonds is 5. The van der Waals surface area contributed by atoms with Gasteiger partial charge in [-0.05, 0) is 31.6 Å². The molecule has 1 rings (SSSR count). The van der Waals surface area contributed by atoms with Crippen LogP contribution in [0.3, 0.4) is 0 Å². The molecule has 0 heterocycles. The van der Waals surface area contributed by atoms with Gasteiger partial charge in [-0.1, -0.05) is 0 Å². The van der Waals surface area contributed by atoms with Crippen LogP contribution < -0.4 is 5.73 Å². The van der Waals surface area contributed by atoms with Crippen LogP contribution >= 0.6 is 0 Å². The molecule has 0 aromatic carbocycles. The van der Waals surface area contributed by atoms with Crippen LogP contribution in [0.4, 0.5) is 0 Å². The molecule has 1 saturated carbocycles. The molecule has 0 radical (unpaired) electrons. The minimum Gasteiger partial charge on any atom is -0.385 e. The van der Waals surface area contributed by atoms with Crippen molar-refractivity contribution in [2.45, 2.75) is 31.7 Å². The van der Waals surface area contributed by atoms with E-state index in [2.05, 4.69) is 0 Å². The SMILES string of the molecule is COCCCC(N)C1CC1. The van der Waals surface area contributed by atoms with Crippen molar-refractivity contribution in [3.63, 3.8) is 0 Å². The Bertz CT molecular complexity index is 91.3. The first-order valence-electron chi connectivity index (χ1n) is 4.09. The summed E-state index contributed by atoms with van der Waals surface area (Å²) in [6.07, 6.45) is 4.97. The summed E-state index contributed by atoms with van der Waals surface area (Å²) in [6.45, 7) is 0.862. The maximum atomic E-state index is 5.86. The molecule has 1 aliphatic rings. The van der Waals surface area contributed by atoms with Crippen LogP contribution in [0.2, 0.25) is 0 Å². The predicted molar refractivity (Wildman–Crippen MR) is 41.8 cm³/mol. The normalized spacial score (nSPS) is 21.0. The summed E-state index contributed by atoms with van der Waals surface area (Å²) in [5.41, 5.74) is 5.86. The Morgan fingerprint density at radius 1 is 1.60 bits per heavy atom. The summed E-state index contributed by atoms with van der Waals surface area (Å²) >= 11 is 0. The van der Waals surface area contributed by atoms with Gasteiger partial charge in [-0.25, -0.2) is 0 Å². The lowest BCUT2D eigenvalue weighted by Crippen LogP contribution is -2.22. The van der Waals surface area contributed by atoms with E-state index in [0.717, 1.165) is 25.4 Å². The molecule has 1 atom stereocenters. The molecule has 0 aromatic rings. The number of nitrogens with two attached hydrogens (primary N) is 1. The fraction of sp³-hybridized carbons (Fsp3) is 1.00. The number of hydrogen-bond acceptors (Lipinski definition) is 2. The van der Waals surface area contributed by atoms with Crippen molar-refractivity contribution in [3.8, 4) is 0 Å². The van der Waals surface area contributed by atoms with Gasteiger partial charge in [0.2, 0.25) is 0 Å². The fourth-order valence-electron chi connectivity index (χ4n) is 1.22. The molecule has 0 amide bonds. The summed E-state index contributed by atoms with van der Waals surface area (Å²) in [7, 11) is 1.74. The average Bonchev–Trinajstić information content (AvgIpc) is 2.69. The number of methoxy groups -OCH3 is 1. The predicted octanol–water partition coefficient (Wildman–Crippen LogP) is 1.15. The van der Waals surface area contributed by atoms with E-state index in [1.165, 1.54) is 12.8 Å². The summed E-state index contributed by atoms with van der Waals surface area (Å²) in [5, 5.41) is 0. The molecule has 1 aliphatic carbocycles. The molecule has 2 heteroatoms. The Balaban J connectivity index is 1.90. The summed E-state index contributed by atoms with van der Waals surface area (Å²) < 4.78 is 4.94. The molecule has 1 unspecified atom stereocenters. The second-order valence-electron chi connectivity index (χ2n) is 3.14. The second-order valence-corrected chi connectivity index (χ2v) is 3.14. The van der Waals surface area contributed by atoms with Gasteiger partial charge >= 0.3 is 0 Å². The van der Waals surface area contributed by atoms with Crippen molar-refractivity contribution >= 4 is 0 Å². The van der Waals surface area contributed by atoms with Gasteiger partial charge in [-0.2, -0.15) is 0 Å². The van der Waals surface area contributed by atoms with Crippen molar-refractivity contribution in [3.05, 3.63) is 0 Å². The molecule has 0 spiro atoms. The second kappa shape index (κ2) is 3.94. The van der Waals surface area contributed by atoms with Crippen LogP contribution in [0.1, 0.15) is 25.7 Å². The van der Waals surface area contributed by atoms with E-state index in [4.69, 9.17) is 10.5 Å². The smallest absolute Gasteiger partial charge is 0.0462 e. The molecule has 0 aromatic heterocycles. The first kappa shape index (κ1) is 8.02. The summed E-state index contributed by atoms with van der Waals surface area (Å²) in [4.78, 5) is 0. The van der Waals surface area contributed by atoms with Gasteiger partial charge in [0.1, 0.15) is 0 Å². The van der Waals surface area contributed by atoms with Crippen LogP contribution in [0.25, 0.3) is 0 Å². The Kier molecular flexibility index (Phi) is 3.16. The average molecular weight is 143 g/mol. The standard InChI is InChI=1S/C8H17NO/c1-10-6-2-3-8(9)7-4-5-7/h7-8H,2-6,9H2,1H3. The van der Waals surface area contributed by atoms with E-state index in [9.17, 15) is 0 Å². The molecule has 10 heavy (non-hydrogen) atoms. The fourth-order valence-corrected chi connectivity index (χ4v) is 1.22. The highest BCUT2D eigenvalue weighted by atomic mass is 16.5. The van der Waals surface area contributed by atoms with E-state index < -0.39 is 0 Å².